The zero-order valence-electron chi connectivity index (χ0n) is 12.0. The van der Waals surface area contributed by atoms with Crippen LogP contribution in [0.1, 0.15) is 21.6 Å². The van der Waals surface area contributed by atoms with Gasteiger partial charge in [-0.05, 0) is 48.0 Å². The molecule has 0 fully saturated rings. The summed E-state index contributed by atoms with van der Waals surface area (Å²) in [7, 11) is 0. The predicted molar refractivity (Wildman–Crippen MR) is 87.4 cm³/mol. The molecule has 0 amide bonds. The van der Waals surface area contributed by atoms with Gasteiger partial charge in [-0.25, -0.2) is 9.78 Å². The Morgan fingerprint density at radius 2 is 1.78 bits per heavy atom. The van der Waals surface area contributed by atoms with Crippen LogP contribution >= 0.6 is 0 Å². The maximum atomic E-state index is 11.2. The molecule has 3 N–H and O–H groups in total. The predicted octanol–water partition coefficient (Wildman–Crippen LogP) is 3.51. The molecule has 23 heavy (non-hydrogen) atoms. The van der Waals surface area contributed by atoms with Crippen molar-refractivity contribution in [2.24, 2.45) is 0 Å². The van der Waals surface area contributed by atoms with Crippen molar-refractivity contribution in [3.05, 3.63) is 65.4 Å². The highest BCUT2D eigenvalue weighted by Crippen LogP contribution is 2.26. The largest absolute Gasteiger partial charge is 0.504 e. The van der Waals surface area contributed by atoms with Crippen LogP contribution in [0, 0.1) is 0 Å². The van der Waals surface area contributed by atoms with E-state index in [1.807, 2.05) is 0 Å². The van der Waals surface area contributed by atoms with Crippen molar-refractivity contribution in [1.29, 1.82) is 0 Å². The van der Waals surface area contributed by atoms with Gasteiger partial charge in [-0.3, -0.25) is 0 Å². The number of rotatable bonds is 3. The third-order valence-electron chi connectivity index (χ3n) is 3.43. The summed E-state index contributed by atoms with van der Waals surface area (Å²) in [4.78, 5) is 15.6. The SMILES string of the molecule is O=C(O)c1cccc2nc(/C=C/c3ccc(O)c(O)c3)ccc12. The van der Waals surface area contributed by atoms with E-state index in [0.717, 1.165) is 0 Å². The van der Waals surface area contributed by atoms with E-state index >= 15 is 0 Å². The van der Waals surface area contributed by atoms with E-state index in [1.54, 1.807) is 48.6 Å². The first-order valence-corrected chi connectivity index (χ1v) is 6.88. The Bertz CT molecular complexity index is 931. The molecule has 0 saturated carbocycles. The highest BCUT2D eigenvalue weighted by Gasteiger charge is 2.08. The molecular formula is C18H13NO4. The van der Waals surface area contributed by atoms with Gasteiger partial charge in [0.1, 0.15) is 0 Å². The summed E-state index contributed by atoms with van der Waals surface area (Å²) in [6, 6.07) is 12.9. The number of phenols is 2. The minimum Gasteiger partial charge on any atom is -0.504 e. The number of aromatic hydroxyl groups is 2. The van der Waals surface area contributed by atoms with Gasteiger partial charge >= 0.3 is 5.97 Å². The molecule has 5 nitrogen and oxygen atoms in total. The van der Waals surface area contributed by atoms with E-state index < -0.39 is 5.97 Å². The van der Waals surface area contributed by atoms with E-state index in [9.17, 15) is 15.0 Å². The maximum Gasteiger partial charge on any atom is 0.336 e. The molecule has 1 heterocycles. The van der Waals surface area contributed by atoms with E-state index in [2.05, 4.69) is 4.98 Å². The molecule has 0 atom stereocenters. The lowest BCUT2D eigenvalue weighted by Crippen LogP contribution is -1.98. The van der Waals surface area contributed by atoms with Gasteiger partial charge in [-0.15, -0.1) is 0 Å². The molecule has 3 rings (SSSR count). The summed E-state index contributed by atoms with van der Waals surface area (Å²) in [5.74, 6) is -1.35. The smallest absolute Gasteiger partial charge is 0.336 e. The van der Waals surface area contributed by atoms with Gasteiger partial charge in [0.2, 0.25) is 0 Å². The molecule has 0 saturated heterocycles. The number of fused-ring (bicyclic) bond motifs is 1. The summed E-state index contributed by atoms with van der Waals surface area (Å²) in [5.41, 5.74) is 2.18. The molecule has 5 heteroatoms. The number of benzene rings is 2. The van der Waals surface area contributed by atoms with Crippen molar-refractivity contribution < 1.29 is 20.1 Å². The third kappa shape index (κ3) is 2.98. The molecule has 0 aliphatic rings. The average molecular weight is 307 g/mol. The van der Waals surface area contributed by atoms with Gasteiger partial charge in [-0.2, -0.15) is 0 Å². The molecule has 0 aliphatic heterocycles. The van der Waals surface area contributed by atoms with Crippen molar-refractivity contribution in [2.45, 2.75) is 0 Å². The van der Waals surface area contributed by atoms with Gasteiger partial charge < -0.3 is 15.3 Å². The molecule has 0 spiro atoms. The molecule has 0 aliphatic carbocycles. The highest BCUT2D eigenvalue weighted by molar-refractivity contribution is 6.02. The fourth-order valence-electron chi connectivity index (χ4n) is 2.28. The molecule has 2 aromatic carbocycles. The molecular weight excluding hydrogens is 294 g/mol. The van der Waals surface area contributed by atoms with Crippen LogP contribution in [0.4, 0.5) is 0 Å². The Labute approximate surface area is 131 Å². The van der Waals surface area contributed by atoms with Gasteiger partial charge in [0, 0.05) is 5.39 Å². The third-order valence-corrected chi connectivity index (χ3v) is 3.43. The second-order valence-corrected chi connectivity index (χ2v) is 5.00. The molecule has 3 aromatic rings. The fraction of sp³-hybridized carbons (Fsp3) is 0. The number of carbonyl (C=O) groups is 1. The average Bonchev–Trinajstić information content (AvgIpc) is 2.55. The molecule has 114 valence electrons. The first kappa shape index (κ1) is 14.6. The quantitative estimate of drug-likeness (QED) is 0.644. The van der Waals surface area contributed by atoms with Crippen LogP contribution in [-0.2, 0) is 0 Å². The lowest BCUT2D eigenvalue weighted by atomic mass is 10.1. The van der Waals surface area contributed by atoms with E-state index in [4.69, 9.17) is 5.11 Å². The lowest BCUT2D eigenvalue weighted by molar-refractivity contribution is 0.0699. The minimum atomic E-state index is -0.986. The zero-order chi connectivity index (χ0) is 16.4. The Morgan fingerprint density at radius 3 is 2.52 bits per heavy atom. The number of carboxylic acid groups (broad SMARTS) is 1. The zero-order valence-corrected chi connectivity index (χ0v) is 12.0. The number of hydrogen-bond acceptors (Lipinski definition) is 4. The summed E-state index contributed by atoms with van der Waals surface area (Å²) in [5, 5.41) is 28.5. The van der Waals surface area contributed by atoms with E-state index in [1.165, 1.54) is 12.1 Å². The van der Waals surface area contributed by atoms with Gasteiger partial charge in [0.25, 0.3) is 0 Å². The van der Waals surface area contributed by atoms with Crippen LogP contribution < -0.4 is 0 Å². The van der Waals surface area contributed by atoms with Crippen LogP contribution in [0.5, 0.6) is 11.5 Å². The van der Waals surface area contributed by atoms with E-state index in [0.29, 0.717) is 22.2 Å². The second kappa shape index (κ2) is 5.81. The molecule has 0 bridgehead atoms. The van der Waals surface area contributed by atoms with Crippen molar-refractivity contribution in [3.8, 4) is 11.5 Å². The standard InChI is InChI=1S/C18H13NO4/c20-16-9-5-11(10-17(16)21)4-6-12-7-8-13-14(18(22)23)2-1-3-15(13)19-12/h1-10,20-21H,(H,22,23)/b6-4+. The van der Waals surface area contributed by atoms with Crippen molar-refractivity contribution in [3.63, 3.8) is 0 Å². The Kier molecular flexibility index (Phi) is 3.68. The Balaban J connectivity index is 1.96. The first-order valence-electron chi connectivity index (χ1n) is 6.88. The lowest BCUT2D eigenvalue weighted by Gasteiger charge is -2.03. The van der Waals surface area contributed by atoms with Gasteiger partial charge in [0.05, 0.1) is 16.8 Å². The van der Waals surface area contributed by atoms with Crippen LogP contribution in [0.3, 0.4) is 0 Å². The summed E-state index contributed by atoms with van der Waals surface area (Å²) >= 11 is 0. The normalized spacial score (nSPS) is 11.1. The second-order valence-electron chi connectivity index (χ2n) is 5.00. The number of aromatic carboxylic acids is 1. The number of phenolic OH excluding ortho intramolecular Hbond substituents is 2. The molecule has 0 radical (unpaired) electrons. The van der Waals surface area contributed by atoms with Gasteiger partial charge in [-0.1, -0.05) is 18.2 Å². The Hall–Kier alpha value is -3.34. The fourth-order valence-corrected chi connectivity index (χ4v) is 2.28. The minimum absolute atomic E-state index is 0.174. The number of hydrogen-bond donors (Lipinski definition) is 3. The van der Waals surface area contributed by atoms with Crippen LogP contribution in [0.2, 0.25) is 0 Å². The van der Waals surface area contributed by atoms with Gasteiger partial charge in [0.15, 0.2) is 11.5 Å². The highest BCUT2D eigenvalue weighted by atomic mass is 16.4. The summed E-state index contributed by atoms with van der Waals surface area (Å²) in [6.45, 7) is 0. The van der Waals surface area contributed by atoms with Crippen molar-refractivity contribution >= 4 is 29.0 Å². The van der Waals surface area contributed by atoms with E-state index in [-0.39, 0.29) is 17.1 Å². The van der Waals surface area contributed by atoms with Crippen LogP contribution in [0.25, 0.3) is 23.1 Å². The van der Waals surface area contributed by atoms with Crippen LogP contribution in [0.15, 0.2) is 48.5 Å². The summed E-state index contributed by atoms with van der Waals surface area (Å²) in [6.07, 6.45) is 3.49. The van der Waals surface area contributed by atoms with Crippen LogP contribution in [-0.4, -0.2) is 26.3 Å². The number of carboxylic acids is 1. The number of pyridine rings is 1. The topological polar surface area (TPSA) is 90.7 Å². The summed E-state index contributed by atoms with van der Waals surface area (Å²) < 4.78 is 0. The molecule has 1 aromatic heterocycles. The van der Waals surface area contributed by atoms with Crippen molar-refractivity contribution in [1.82, 2.24) is 4.98 Å². The van der Waals surface area contributed by atoms with Crippen molar-refractivity contribution in [2.75, 3.05) is 0 Å². The Morgan fingerprint density at radius 1 is 0.957 bits per heavy atom. The molecule has 0 unspecified atom stereocenters. The number of nitrogens with zero attached hydrogens (tertiary/aromatic N) is 1. The first-order chi connectivity index (χ1) is 11.0. The monoisotopic (exact) mass is 307 g/mol. The maximum absolute atomic E-state index is 11.2. The number of aromatic nitrogens is 1.